The highest BCUT2D eigenvalue weighted by atomic mass is 79.9. The molecule has 152 valence electrons. The molecule has 2 heterocycles. The number of benzene rings is 4. The van der Waals surface area contributed by atoms with Crippen molar-refractivity contribution in [1.82, 2.24) is 4.98 Å². The van der Waals surface area contributed by atoms with E-state index in [0.717, 1.165) is 59.8 Å². The number of aromatic nitrogens is 1. The summed E-state index contributed by atoms with van der Waals surface area (Å²) >= 11 is 3.70. The Hall–Kier alpha value is -3.69. The standard InChI is InChI=1S/C29H18BrNO/c30-23-16-21(20-9-6-14-31-18-20)15-22(17-23)25-11-5-13-27-26-12-4-10-24(28(26)32-29(25)27)19-7-2-1-3-8-19/h1-18H. The summed E-state index contributed by atoms with van der Waals surface area (Å²) in [6.45, 7) is 0. The lowest BCUT2D eigenvalue weighted by atomic mass is 9.98. The minimum Gasteiger partial charge on any atom is -0.455 e. The van der Waals surface area contributed by atoms with Crippen molar-refractivity contribution in [3.8, 4) is 33.4 Å². The number of furan rings is 1. The molecular formula is C29H18BrNO. The van der Waals surface area contributed by atoms with Gasteiger partial charge in [-0.25, -0.2) is 0 Å². The highest BCUT2D eigenvalue weighted by molar-refractivity contribution is 9.10. The minimum atomic E-state index is 0.904. The fourth-order valence-corrected chi connectivity index (χ4v) is 4.83. The van der Waals surface area contributed by atoms with E-state index in [4.69, 9.17) is 4.42 Å². The molecule has 0 saturated heterocycles. The van der Waals surface area contributed by atoms with Crippen molar-refractivity contribution >= 4 is 37.9 Å². The van der Waals surface area contributed by atoms with E-state index in [9.17, 15) is 0 Å². The van der Waals surface area contributed by atoms with Gasteiger partial charge in [0.05, 0.1) is 0 Å². The second kappa shape index (κ2) is 7.77. The Labute approximate surface area is 194 Å². The van der Waals surface area contributed by atoms with Crippen molar-refractivity contribution < 1.29 is 4.42 Å². The average Bonchev–Trinajstić information content (AvgIpc) is 3.24. The van der Waals surface area contributed by atoms with Crippen LogP contribution in [-0.4, -0.2) is 4.98 Å². The van der Waals surface area contributed by atoms with Crippen molar-refractivity contribution in [2.45, 2.75) is 0 Å². The summed E-state index contributed by atoms with van der Waals surface area (Å²) in [5.41, 5.74) is 8.45. The van der Waals surface area contributed by atoms with Crippen LogP contribution in [0, 0.1) is 0 Å². The van der Waals surface area contributed by atoms with Gasteiger partial charge in [0.2, 0.25) is 0 Å². The molecule has 3 heteroatoms. The molecular weight excluding hydrogens is 458 g/mol. The molecule has 2 nitrogen and oxygen atoms in total. The van der Waals surface area contributed by atoms with Crippen LogP contribution in [0.1, 0.15) is 0 Å². The molecule has 0 bridgehead atoms. The number of halogens is 1. The van der Waals surface area contributed by atoms with Crippen molar-refractivity contribution in [3.05, 3.63) is 114 Å². The Kier molecular flexibility index (Phi) is 4.62. The molecule has 6 aromatic rings. The van der Waals surface area contributed by atoms with Crippen LogP contribution >= 0.6 is 15.9 Å². The van der Waals surface area contributed by atoms with Crippen LogP contribution in [0.25, 0.3) is 55.3 Å². The number of fused-ring (bicyclic) bond motifs is 3. The number of hydrogen-bond acceptors (Lipinski definition) is 2. The Morgan fingerprint density at radius 3 is 1.91 bits per heavy atom. The van der Waals surface area contributed by atoms with Crippen molar-refractivity contribution in [2.75, 3.05) is 0 Å². The zero-order valence-corrected chi connectivity index (χ0v) is 18.7. The largest absolute Gasteiger partial charge is 0.455 e. The summed E-state index contributed by atoms with van der Waals surface area (Å²) in [5.74, 6) is 0. The van der Waals surface area contributed by atoms with Crippen molar-refractivity contribution in [2.24, 2.45) is 0 Å². The Morgan fingerprint density at radius 2 is 1.22 bits per heavy atom. The van der Waals surface area contributed by atoms with Crippen molar-refractivity contribution in [3.63, 3.8) is 0 Å². The average molecular weight is 476 g/mol. The molecule has 32 heavy (non-hydrogen) atoms. The maximum absolute atomic E-state index is 6.58. The van der Waals surface area contributed by atoms with Crippen LogP contribution in [0.5, 0.6) is 0 Å². The van der Waals surface area contributed by atoms with Gasteiger partial charge in [-0.3, -0.25) is 4.98 Å². The molecule has 0 unspecified atom stereocenters. The highest BCUT2D eigenvalue weighted by Gasteiger charge is 2.16. The smallest absolute Gasteiger partial charge is 0.143 e. The van der Waals surface area contributed by atoms with Crippen LogP contribution < -0.4 is 0 Å². The molecule has 0 amide bonds. The van der Waals surface area contributed by atoms with Gasteiger partial charge >= 0.3 is 0 Å². The number of pyridine rings is 1. The quantitative estimate of drug-likeness (QED) is 0.255. The fourth-order valence-electron chi connectivity index (χ4n) is 4.34. The second-order valence-corrected chi connectivity index (χ2v) is 8.72. The van der Waals surface area contributed by atoms with E-state index in [1.165, 1.54) is 0 Å². The van der Waals surface area contributed by atoms with Gasteiger partial charge in [-0.05, 0) is 41.0 Å². The number of para-hydroxylation sites is 2. The van der Waals surface area contributed by atoms with E-state index in [-0.39, 0.29) is 0 Å². The third kappa shape index (κ3) is 3.22. The summed E-state index contributed by atoms with van der Waals surface area (Å²) in [7, 11) is 0. The van der Waals surface area contributed by atoms with Gasteiger partial charge in [-0.2, -0.15) is 0 Å². The first-order valence-corrected chi connectivity index (χ1v) is 11.3. The van der Waals surface area contributed by atoms with E-state index in [1.807, 2.05) is 18.3 Å². The zero-order chi connectivity index (χ0) is 21.5. The predicted molar refractivity (Wildman–Crippen MR) is 136 cm³/mol. The van der Waals surface area contributed by atoms with Gasteiger partial charge in [-0.1, -0.05) is 88.7 Å². The molecule has 2 aromatic heterocycles. The third-order valence-corrected chi connectivity index (χ3v) is 6.27. The summed E-state index contributed by atoms with van der Waals surface area (Å²) in [6.07, 6.45) is 3.68. The van der Waals surface area contributed by atoms with Crippen molar-refractivity contribution in [1.29, 1.82) is 0 Å². The topological polar surface area (TPSA) is 26.0 Å². The zero-order valence-electron chi connectivity index (χ0n) is 17.1. The summed E-state index contributed by atoms with van der Waals surface area (Å²) in [5, 5.41) is 2.25. The predicted octanol–water partition coefficient (Wildman–Crippen LogP) is 8.74. The van der Waals surface area contributed by atoms with Crippen LogP contribution in [0.2, 0.25) is 0 Å². The first-order chi connectivity index (χ1) is 15.8. The van der Waals surface area contributed by atoms with Gasteiger partial charge in [-0.15, -0.1) is 0 Å². The molecule has 4 aromatic carbocycles. The third-order valence-electron chi connectivity index (χ3n) is 5.81. The molecule has 0 radical (unpaired) electrons. The Morgan fingerprint density at radius 1 is 0.562 bits per heavy atom. The highest BCUT2D eigenvalue weighted by Crippen LogP contribution is 2.41. The SMILES string of the molecule is Brc1cc(-c2cccnc2)cc(-c2cccc3c2oc2c(-c4ccccc4)cccc23)c1. The number of rotatable bonds is 3. The molecule has 0 spiro atoms. The van der Waals surface area contributed by atoms with Crippen LogP contribution in [0.15, 0.2) is 118 Å². The number of nitrogens with zero attached hydrogens (tertiary/aromatic N) is 1. The normalized spacial score (nSPS) is 11.3. The maximum Gasteiger partial charge on any atom is 0.143 e. The lowest BCUT2D eigenvalue weighted by Crippen LogP contribution is -1.84. The summed E-state index contributed by atoms with van der Waals surface area (Å²) < 4.78 is 7.60. The molecule has 0 fully saturated rings. The van der Waals surface area contributed by atoms with Gasteiger partial charge in [0.15, 0.2) is 0 Å². The maximum atomic E-state index is 6.58. The lowest BCUT2D eigenvalue weighted by Gasteiger charge is -2.08. The molecule has 0 N–H and O–H groups in total. The van der Waals surface area contributed by atoms with Gasteiger partial charge < -0.3 is 4.42 Å². The summed E-state index contributed by atoms with van der Waals surface area (Å²) in [4.78, 5) is 4.28. The van der Waals surface area contributed by atoms with Crippen LogP contribution in [0.3, 0.4) is 0 Å². The first-order valence-electron chi connectivity index (χ1n) is 10.5. The van der Waals surface area contributed by atoms with E-state index < -0.39 is 0 Å². The molecule has 0 aliphatic rings. The van der Waals surface area contributed by atoms with E-state index in [2.05, 4.69) is 106 Å². The van der Waals surface area contributed by atoms with Gasteiger partial charge in [0.25, 0.3) is 0 Å². The van der Waals surface area contributed by atoms with E-state index in [0.29, 0.717) is 0 Å². The second-order valence-electron chi connectivity index (χ2n) is 7.80. The molecule has 0 aliphatic heterocycles. The Balaban J connectivity index is 1.60. The molecule has 0 saturated carbocycles. The molecule has 0 atom stereocenters. The summed E-state index contributed by atoms with van der Waals surface area (Å²) in [6, 6.07) is 33.6. The molecule has 0 aliphatic carbocycles. The van der Waals surface area contributed by atoms with Crippen LogP contribution in [0.4, 0.5) is 0 Å². The monoisotopic (exact) mass is 475 g/mol. The lowest BCUT2D eigenvalue weighted by molar-refractivity contribution is 0.671. The first kappa shape index (κ1) is 19.0. The fraction of sp³-hybridized carbons (Fsp3) is 0. The molecule has 6 rings (SSSR count). The Bertz CT molecular complexity index is 1570. The van der Waals surface area contributed by atoms with Gasteiger partial charge in [0.1, 0.15) is 11.2 Å². The van der Waals surface area contributed by atoms with Gasteiger partial charge in [0, 0.05) is 44.3 Å². The van der Waals surface area contributed by atoms with E-state index in [1.54, 1.807) is 6.20 Å². The minimum absolute atomic E-state index is 0.904. The number of hydrogen-bond donors (Lipinski definition) is 0. The van der Waals surface area contributed by atoms with Crippen LogP contribution in [-0.2, 0) is 0 Å². The van der Waals surface area contributed by atoms with E-state index >= 15 is 0 Å².